The van der Waals surface area contributed by atoms with Gasteiger partial charge in [0.25, 0.3) is 11.8 Å². The van der Waals surface area contributed by atoms with E-state index in [1.807, 2.05) is 60.7 Å². The monoisotopic (exact) mass is 506 g/mol. The molecule has 0 fully saturated rings. The summed E-state index contributed by atoms with van der Waals surface area (Å²) in [6.07, 6.45) is 0. The summed E-state index contributed by atoms with van der Waals surface area (Å²) in [5.41, 5.74) is 4.01. The lowest BCUT2D eigenvalue weighted by Gasteiger charge is -2.18. The van der Waals surface area contributed by atoms with Crippen molar-refractivity contribution in [2.75, 3.05) is 36.2 Å². The zero-order chi connectivity index (χ0) is 26.9. The predicted octanol–water partition coefficient (Wildman–Crippen LogP) is 5.29. The van der Waals surface area contributed by atoms with Gasteiger partial charge in [-0.3, -0.25) is 14.4 Å². The molecular formula is C31H30N4O3. The average molecular weight is 507 g/mol. The minimum atomic E-state index is -0.273. The third-order valence-electron chi connectivity index (χ3n) is 6.01. The fourth-order valence-electron chi connectivity index (χ4n) is 3.99. The lowest BCUT2D eigenvalue weighted by atomic mass is 10.1. The third kappa shape index (κ3) is 6.85. The van der Waals surface area contributed by atoms with Crippen LogP contribution in [0.3, 0.4) is 0 Å². The van der Waals surface area contributed by atoms with Crippen molar-refractivity contribution in [2.45, 2.75) is 6.54 Å². The second-order valence-electron chi connectivity index (χ2n) is 8.91. The molecule has 0 heterocycles. The zero-order valence-electron chi connectivity index (χ0n) is 21.4. The number of anilines is 3. The molecule has 7 heteroatoms. The first-order valence-electron chi connectivity index (χ1n) is 12.3. The van der Waals surface area contributed by atoms with Crippen LogP contribution in [-0.4, -0.2) is 43.3 Å². The van der Waals surface area contributed by atoms with E-state index in [1.165, 1.54) is 0 Å². The standard InChI is InChI=1S/C31H30N4O3/c1-34(22-23-11-5-3-6-12-23)30(37)24-13-10-16-27(20-24)33-29(36)21-32-26-15-9-14-25(19-26)31(38)35(2)28-17-7-4-8-18-28/h3-20,32H,21-22H2,1-2H3,(H,33,36). The van der Waals surface area contributed by atoms with Gasteiger partial charge in [-0.25, -0.2) is 0 Å². The van der Waals surface area contributed by atoms with Crippen LogP contribution >= 0.6 is 0 Å². The molecule has 2 N–H and O–H groups in total. The van der Waals surface area contributed by atoms with E-state index in [0.29, 0.717) is 29.0 Å². The van der Waals surface area contributed by atoms with Crippen molar-refractivity contribution < 1.29 is 14.4 Å². The van der Waals surface area contributed by atoms with E-state index in [2.05, 4.69) is 10.6 Å². The molecule has 0 atom stereocenters. The Balaban J connectivity index is 1.33. The summed E-state index contributed by atoms with van der Waals surface area (Å²) < 4.78 is 0. The van der Waals surface area contributed by atoms with Crippen LogP contribution in [0, 0.1) is 0 Å². The van der Waals surface area contributed by atoms with E-state index >= 15 is 0 Å². The summed E-state index contributed by atoms with van der Waals surface area (Å²) in [4.78, 5) is 41.6. The van der Waals surface area contributed by atoms with Gasteiger partial charge in [-0.1, -0.05) is 60.7 Å². The first-order valence-corrected chi connectivity index (χ1v) is 12.3. The lowest BCUT2D eigenvalue weighted by molar-refractivity contribution is -0.114. The summed E-state index contributed by atoms with van der Waals surface area (Å²) in [5, 5.41) is 5.89. The Morgan fingerprint density at radius 2 is 1.24 bits per heavy atom. The van der Waals surface area contributed by atoms with Crippen LogP contribution in [0.5, 0.6) is 0 Å². The lowest BCUT2D eigenvalue weighted by Crippen LogP contribution is -2.27. The quantitative estimate of drug-likeness (QED) is 0.323. The average Bonchev–Trinajstić information content (AvgIpc) is 2.96. The van der Waals surface area contributed by atoms with Crippen molar-refractivity contribution in [1.82, 2.24) is 4.90 Å². The smallest absolute Gasteiger partial charge is 0.258 e. The number of carbonyl (C=O) groups is 3. The topological polar surface area (TPSA) is 81.8 Å². The second-order valence-corrected chi connectivity index (χ2v) is 8.91. The Bertz CT molecular complexity index is 1410. The zero-order valence-corrected chi connectivity index (χ0v) is 21.4. The Hall–Kier alpha value is -4.91. The summed E-state index contributed by atoms with van der Waals surface area (Å²) >= 11 is 0. The number of para-hydroxylation sites is 1. The second kappa shape index (κ2) is 12.4. The summed E-state index contributed by atoms with van der Waals surface area (Å²) in [5.74, 6) is -0.557. The van der Waals surface area contributed by atoms with Crippen molar-refractivity contribution in [3.05, 3.63) is 126 Å². The van der Waals surface area contributed by atoms with Crippen molar-refractivity contribution >= 4 is 34.8 Å². The number of hydrogen-bond acceptors (Lipinski definition) is 4. The maximum atomic E-state index is 12.9. The van der Waals surface area contributed by atoms with Crippen molar-refractivity contribution in [2.24, 2.45) is 0 Å². The van der Waals surface area contributed by atoms with Gasteiger partial charge >= 0.3 is 0 Å². The SMILES string of the molecule is CN(Cc1ccccc1)C(=O)c1cccc(NC(=O)CNc2cccc(C(=O)N(C)c3ccccc3)c2)c1. The van der Waals surface area contributed by atoms with Crippen LogP contribution in [-0.2, 0) is 11.3 Å². The molecule has 0 aliphatic heterocycles. The van der Waals surface area contributed by atoms with Crippen LogP contribution < -0.4 is 15.5 Å². The summed E-state index contributed by atoms with van der Waals surface area (Å²) in [6.45, 7) is 0.487. The van der Waals surface area contributed by atoms with E-state index in [0.717, 1.165) is 11.3 Å². The van der Waals surface area contributed by atoms with Gasteiger partial charge in [0.15, 0.2) is 0 Å². The third-order valence-corrected chi connectivity index (χ3v) is 6.01. The van der Waals surface area contributed by atoms with Gasteiger partial charge in [0.05, 0.1) is 6.54 Å². The van der Waals surface area contributed by atoms with E-state index in [4.69, 9.17) is 0 Å². The Kier molecular flexibility index (Phi) is 8.51. The molecule has 4 rings (SSSR count). The molecule has 0 bridgehead atoms. The Morgan fingerprint density at radius 1 is 0.658 bits per heavy atom. The molecule has 0 saturated carbocycles. The molecule has 4 aromatic rings. The van der Waals surface area contributed by atoms with Gasteiger partial charge < -0.3 is 20.4 Å². The molecule has 192 valence electrons. The van der Waals surface area contributed by atoms with Crippen LogP contribution in [0.25, 0.3) is 0 Å². The fourth-order valence-corrected chi connectivity index (χ4v) is 3.99. The number of benzene rings is 4. The van der Waals surface area contributed by atoms with Gasteiger partial charge in [0, 0.05) is 48.8 Å². The molecule has 0 radical (unpaired) electrons. The molecular weight excluding hydrogens is 476 g/mol. The number of nitrogens with zero attached hydrogens (tertiary/aromatic N) is 2. The normalized spacial score (nSPS) is 10.4. The highest BCUT2D eigenvalue weighted by Crippen LogP contribution is 2.18. The number of carbonyl (C=O) groups excluding carboxylic acids is 3. The maximum absolute atomic E-state index is 12.9. The molecule has 38 heavy (non-hydrogen) atoms. The van der Waals surface area contributed by atoms with Gasteiger partial charge in [-0.2, -0.15) is 0 Å². The van der Waals surface area contributed by atoms with Gasteiger partial charge in [-0.05, 0) is 54.1 Å². The number of rotatable bonds is 9. The summed E-state index contributed by atoms with van der Waals surface area (Å²) in [6, 6.07) is 33.1. The van der Waals surface area contributed by atoms with Crippen molar-refractivity contribution in [3.8, 4) is 0 Å². The number of amides is 3. The Labute approximate surface area is 222 Å². The maximum Gasteiger partial charge on any atom is 0.258 e. The molecule has 0 unspecified atom stereocenters. The number of hydrogen-bond donors (Lipinski definition) is 2. The van der Waals surface area contributed by atoms with Crippen molar-refractivity contribution in [3.63, 3.8) is 0 Å². The van der Waals surface area contributed by atoms with E-state index in [-0.39, 0.29) is 24.3 Å². The molecule has 0 saturated heterocycles. The van der Waals surface area contributed by atoms with Gasteiger partial charge in [0.1, 0.15) is 0 Å². The fraction of sp³-hybridized carbons (Fsp3) is 0.129. The minimum absolute atomic E-state index is 0.00173. The first kappa shape index (κ1) is 26.2. The molecule has 4 aromatic carbocycles. The van der Waals surface area contributed by atoms with E-state index < -0.39 is 0 Å². The highest BCUT2D eigenvalue weighted by molar-refractivity contribution is 6.06. The highest BCUT2D eigenvalue weighted by atomic mass is 16.2. The van der Waals surface area contributed by atoms with Crippen molar-refractivity contribution in [1.29, 1.82) is 0 Å². The molecule has 0 aliphatic carbocycles. The highest BCUT2D eigenvalue weighted by Gasteiger charge is 2.15. The summed E-state index contributed by atoms with van der Waals surface area (Å²) in [7, 11) is 3.48. The molecule has 0 spiro atoms. The Morgan fingerprint density at radius 3 is 1.92 bits per heavy atom. The molecule has 7 nitrogen and oxygen atoms in total. The van der Waals surface area contributed by atoms with Gasteiger partial charge in [-0.15, -0.1) is 0 Å². The van der Waals surface area contributed by atoms with Crippen LogP contribution in [0.15, 0.2) is 109 Å². The molecule has 3 amide bonds. The van der Waals surface area contributed by atoms with Crippen LogP contribution in [0.2, 0.25) is 0 Å². The van der Waals surface area contributed by atoms with Gasteiger partial charge in [0.2, 0.25) is 5.91 Å². The molecule has 0 aromatic heterocycles. The van der Waals surface area contributed by atoms with Crippen LogP contribution in [0.4, 0.5) is 17.1 Å². The van der Waals surface area contributed by atoms with Crippen LogP contribution in [0.1, 0.15) is 26.3 Å². The number of nitrogens with one attached hydrogen (secondary N) is 2. The first-order chi connectivity index (χ1) is 18.4. The minimum Gasteiger partial charge on any atom is -0.376 e. The molecule has 0 aliphatic rings. The van der Waals surface area contributed by atoms with E-state index in [1.54, 1.807) is 72.4 Å². The predicted molar refractivity (Wildman–Crippen MR) is 151 cm³/mol. The van der Waals surface area contributed by atoms with E-state index in [9.17, 15) is 14.4 Å². The largest absolute Gasteiger partial charge is 0.376 e.